The van der Waals surface area contributed by atoms with Crippen LogP contribution in [0.25, 0.3) is 11.0 Å². The lowest BCUT2D eigenvalue weighted by Crippen LogP contribution is -2.47. The molecule has 1 atom stereocenters. The summed E-state index contributed by atoms with van der Waals surface area (Å²) in [5, 5.41) is 4.39. The van der Waals surface area contributed by atoms with Crippen LogP contribution in [0.2, 0.25) is 0 Å². The highest BCUT2D eigenvalue weighted by Gasteiger charge is 2.51. The smallest absolute Gasteiger partial charge is 0.223 e. The molecule has 0 radical (unpaired) electrons. The Kier molecular flexibility index (Phi) is 3.23. The molecule has 6 heteroatoms. The number of anilines is 1. The molecule has 2 aliphatic rings. The van der Waals surface area contributed by atoms with Crippen LogP contribution in [0.1, 0.15) is 11.3 Å². The van der Waals surface area contributed by atoms with Crippen LogP contribution in [0.15, 0.2) is 48.7 Å². The Hall–Kier alpha value is -2.57. The van der Waals surface area contributed by atoms with Gasteiger partial charge in [-0.1, -0.05) is 6.07 Å². The quantitative estimate of drug-likeness (QED) is 0.746. The SMILES string of the molecule is Fc1cccc(NC2(N3CCc4nc5ncccc5cc4C3)CO2)c1. The number of rotatable bonds is 3. The number of nitrogens with zero attached hydrogens (tertiary/aromatic N) is 3. The van der Waals surface area contributed by atoms with E-state index < -0.39 is 5.85 Å². The Morgan fingerprint density at radius 2 is 2.12 bits per heavy atom. The summed E-state index contributed by atoms with van der Waals surface area (Å²) in [7, 11) is 0. The third kappa shape index (κ3) is 2.63. The van der Waals surface area contributed by atoms with Gasteiger partial charge in [-0.2, -0.15) is 0 Å². The number of pyridine rings is 2. The molecule has 1 aromatic carbocycles. The van der Waals surface area contributed by atoms with Gasteiger partial charge in [0.15, 0.2) is 5.65 Å². The second-order valence-electron chi connectivity index (χ2n) is 6.52. The third-order valence-corrected chi connectivity index (χ3v) is 4.83. The Bertz CT molecular complexity index is 957. The second-order valence-corrected chi connectivity index (χ2v) is 6.52. The van der Waals surface area contributed by atoms with E-state index in [1.807, 2.05) is 18.2 Å². The fourth-order valence-electron chi connectivity index (χ4n) is 3.47. The summed E-state index contributed by atoms with van der Waals surface area (Å²) < 4.78 is 19.2. The Morgan fingerprint density at radius 3 is 2.96 bits per heavy atom. The fraction of sp³-hybridized carbons (Fsp3) is 0.263. The average Bonchev–Trinajstić information content (AvgIpc) is 3.40. The van der Waals surface area contributed by atoms with Crippen LogP contribution >= 0.6 is 0 Å². The van der Waals surface area contributed by atoms with Gasteiger partial charge >= 0.3 is 0 Å². The van der Waals surface area contributed by atoms with Gasteiger partial charge in [0, 0.05) is 42.5 Å². The lowest BCUT2D eigenvalue weighted by molar-refractivity contribution is 0.0867. The van der Waals surface area contributed by atoms with Crippen LogP contribution < -0.4 is 5.32 Å². The lowest BCUT2D eigenvalue weighted by atomic mass is 10.0. The number of benzene rings is 1. The largest absolute Gasteiger partial charge is 0.343 e. The Balaban J connectivity index is 1.42. The van der Waals surface area contributed by atoms with Gasteiger partial charge in [-0.05, 0) is 42.0 Å². The van der Waals surface area contributed by atoms with E-state index in [0.717, 1.165) is 41.9 Å². The summed E-state index contributed by atoms with van der Waals surface area (Å²) in [5.41, 5.74) is 3.82. The highest BCUT2D eigenvalue weighted by Crippen LogP contribution is 2.36. The molecule has 25 heavy (non-hydrogen) atoms. The second kappa shape index (κ2) is 5.47. The minimum atomic E-state index is -0.546. The van der Waals surface area contributed by atoms with Gasteiger partial charge in [0.05, 0.1) is 0 Å². The number of nitrogens with one attached hydrogen (secondary N) is 1. The number of epoxide rings is 1. The molecule has 2 aliphatic heterocycles. The van der Waals surface area contributed by atoms with Crippen LogP contribution in [0.5, 0.6) is 0 Å². The molecule has 5 rings (SSSR count). The predicted molar refractivity (Wildman–Crippen MR) is 92.4 cm³/mol. The van der Waals surface area contributed by atoms with E-state index in [4.69, 9.17) is 9.72 Å². The van der Waals surface area contributed by atoms with Gasteiger partial charge in [-0.25, -0.2) is 14.4 Å². The first kappa shape index (κ1) is 14.7. The van der Waals surface area contributed by atoms with E-state index in [-0.39, 0.29) is 5.82 Å². The topological polar surface area (TPSA) is 53.6 Å². The van der Waals surface area contributed by atoms with Crippen molar-refractivity contribution in [1.82, 2.24) is 14.9 Å². The average molecular weight is 336 g/mol. The summed E-state index contributed by atoms with van der Waals surface area (Å²) in [5.74, 6) is -0.803. The van der Waals surface area contributed by atoms with Gasteiger partial charge in [-0.15, -0.1) is 0 Å². The van der Waals surface area contributed by atoms with Crippen molar-refractivity contribution in [3.8, 4) is 0 Å². The monoisotopic (exact) mass is 336 g/mol. The number of fused-ring (bicyclic) bond motifs is 2. The van der Waals surface area contributed by atoms with Crippen molar-refractivity contribution >= 4 is 16.7 Å². The first-order valence-corrected chi connectivity index (χ1v) is 8.38. The first-order valence-electron chi connectivity index (χ1n) is 8.38. The Morgan fingerprint density at radius 1 is 1.20 bits per heavy atom. The van der Waals surface area contributed by atoms with Gasteiger partial charge < -0.3 is 10.1 Å². The standard InChI is InChI=1S/C19H17FN4O/c20-15-4-1-5-16(10-15)23-19(12-25-19)24-8-6-17-14(11-24)9-13-3-2-7-21-18(13)22-17/h1-5,7,9-10,23H,6,8,11-12H2. The van der Waals surface area contributed by atoms with E-state index in [9.17, 15) is 4.39 Å². The number of aromatic nitrogens is 2. The molecule has 0 aliphatic carbocycles. The van der Waals surface area contributed by atoms with Crippen molar-refractivity contribution in [3.63, 3.8) is 0 Å². The molecule has 1 N–H and O–H groups in total. The van der Waals surface area contributed by atoms with Crippen molar-refractivity contribution in [2.75, 3.05) is 18.5 Å². The molecule has 0 saturated carbocycles. The first-order chi connectivity index (χ1) is 12.2. The number of halogens is 1. The molecular weight excluding hydrogens is 319 g/mol. The van der Waals surface area contributed by atoms with Gasteiger partial charge in [-0.3, -0.25) is 4.90 Å². The van der Waals surface area contributed by atoms with E-state index in [1.165, 1.54) is 17.7 Å². The van der Waals surface area contributed by atoms with Crippen LogP contribution in [-0.2, 0) is 17.7 Å². The number of hydrogen-bond acceptors (Lipinski definition) is 5. The van der Waals surface area contributed by atoms with Crippen molar-refractivity contribution < 1.29 is 9.13 Å². The highest BCUT2D eigenvalue weighted by molar-refractivity contribution is 5.75. The van der Waals surface area contributed by atoms with Crippen LogP contribution in [-0.4, -0.2) is 33.9 Å². The van der Waals surface area contributed by atoms with Crippen molar-refractivity contribution in [2.45, 2.75) is 18.8 Å². The van der Waals surface area contributed by atoms with E-state index in [0.29, 0.717) is 6.61 Å². The molecule has 0 amide bonds. The molecule has 1 unspecified atom stereocenters. The molecule has 0 spiro atoms. The van der Waals surface area contributed by atoms with Gasteiger partial charge in [0.25, 0.3) is 0 Å². The van der Waals surface area contributed by atoms with Crippen molar-refractivity contribution in [1.29, 1.82) is 0 Å². The summed E-state index contributed by atoms with van der Waals surface area (Å²) in [6.07, 6.45) is 2.62. The van der Waals surface area contributed by atoms with E-state index >= 15 is 0 Å². The normalized spacial score (nSPS) is 22.6. The zero-order valence-corrected chi connectivity index (χ0v) is 13.6. The fourth-order valence-corrected chi connectivity index (χ4v) is 3.47. The summed E-state index contributed by atoms with van der Waals surface area (Å²) in [6, 6.07) is 12.6. The van der Waals surface area contributed by atoms with Crippen LogP contribution in [0.4, 0.5) is 10.1 Å². The summed E-state index contributed by atoms with van der Waals surface area (Å²) >= 11 is 0. The van der Waals surface area contributed by atoms with Crippen molar-refractivity contribution in [3.05, 3.63) is 65.7 Å². The summed E-state index contributed by atoms with van der Waals surface area (Å²) in [4.78, 5) is 11.3. The zero-order valence-electron chi connectivity index (χ0n) is 13.6. The molecule has 2 aromatic heterocycles. The molecule has 4 heterocycles. The maximum absolute atomic E-state index is 13.4. The van der Waals surface area contributed by atoms with Crippen LogP contribution in [0, 0.1) is 5.82 Å². The predicted octanol–water partition coefficient (Wildman–Crippen LogP) is 2.92. The van der Waals surface area contributed by atoms with E-state index in [1.54, 1.807) is 12.3 Å². The molecule has 0 bridgehead atoms. The lowest BCUT2D eigenvalue weighted by Gasteiger charge is -2.34. The summed E-state index contributed by atoms with van der Waals surface area (Å²) in [6.45, 7) is 2.16. The van der Waals surface area contributed by atoms with Gasteiger partial charge in [0.2, 0.25) is 5.85 Å². The minimum Gasteiger partial charge on any atom is -0.343 e. The minimum absolute atomic E-state index is 0.257. The maximum Gasteiger partial charge on any atom is 0.223 e. The number of hydrogen-bond donors (Lipinski definition) is 1. The zero-order chi connectivity index (χ0) is 16.9. The maximum atomic E-state index is 13.4. The highest BCUT2D eigenvalue weighted by atomic mass is 19.1. The molecule has 126 valence electrons. The molecule has 1 fully saturated rings. The third-order valence-electron chi connectivity index (χ3n) is 4.83. The number of ether oxygens (including phenoxy) is 1. The van der Waals surface area contributed by atoms with Crippen molar-refractivity contribution in [2.24, 2.45) is 0 Å². The van der Waals surface area contributed by atoms with Crippen LogP contribution in [0.3, 0.4) is 0 Å². The van der Waals surface area contributed by atoms with E-state index in [2.05, 4.69) is 21.3 Å². The molecule has 3 aromatic rings. The van der Waals surface area contributed by atoms with Gasteiger partial charge in [0.1, 0.15) is 12.4 Å². The Labute approximate surface area is 144 Å². The molecular formula is C19H17FN4O. The molecule has 5 nitrogen and oxygen atoms in total. The molecule has 1 saturated heterocycles.